The highest BCUT2D eigenvalue weighted by Gasteiger charge is 2.39. The van der Waals surface area contributed by atoms with Crippen LogP contribution < -0.4 is 9.64 Å². The molecule has 3 rings (SSSR count). The van der Waals surface area contributed by atoms with Gasteiger partial charge in [0.25, 0.3) is 10.1 Å². The van der Waals surface area contributed by atoms with Gasteiger partial charge in [-0.15, -0.1) is 0 Å². The summed E-state index contributed by atoms with van der Waals surface area (Å²) < 4.78 is 45.0. The summed E-state index contributed by atoms with van der Waals surface area (Å²) in [6, 6.07) is 7.65. The summed E-state index contributed by atoms with van der Waals surface area (Å²) in [7, 11) is -2.10. The Labute approximate surface area is 183 Å². The average Bonchev–Trinajstić information content (AvgIpc) is 3.05. The van der Waals surface area contributed by atoms with E-state index in [4.69, 9.17) is 18.4 Å². The molecule has 0 spiro atoms. The summed E-state index contributed by atoms with van der Waals surface area (Å²) in [5, 5.41) is 1.72. The van der Waals surface area contributed by atoms with Crippen LogP contribution in [0.4, 0.5) is 10.5 Å². The summed E-state index contributed by atoms with van der Waals surface area (Å²) in [5.41, 5.74) is 1.56. The van der Waals surface area contributed by atoms with Crippen molar-refractivity contribution in [2.75, 3.05) is 38.2 Å². The molecule has 170 valence electrons. The summed E-state index contributed by atoms with van der Waals surface area (Å²) in [4.78, 5) is 14.6. The molecule has 1 aliphatic heterocycles. The van der Waals surface area contributed by atoms with E-state index in [1.165, 1.54) is 7.11 Å². The number of carbonyl (C=O) groups excluding carboxylic acids is 1. The zero-order valence-electron chi connectivity index (χ0n) is 18.7. The summed E-state index contributed by atoms with van der Waals surface area (Å²) in [5.74, 6) is 0.256. The van der Waals surface area contributed by atoms with Gasteiger partial charge in [0.2, 0.25) is 0 Å². The lowest BCUT2D eigenvalue weighted by Crippen LogP contribution is -2.36. The molecule has 0 N–H and O–H groups in total. The second-order valence-electron chi connectivity index (χ2n) is 8.59. The van der Waals surface area contributed by atoms with Crippen LogP contribution in [0.15, 0.2) is 24.3 Å². The molecule has 31 heavy (non-hydrogen) atoms. The lowest BCUT2D eigenvalue weighted by atomic mass is 9.92. The van der Waals surface area contributed by atoms with E-state index in [0.717, 1.165) is 28.2 Å². The maximum Gasteiger partial charge on any atom is 0.414 e. The van der Waals surface area contributed by atoms with Gasteiger partial charge >= 0.3 is 6.09 Å². The van der Waals surface area contributed by atoms with Crippen LogP contribution in [0.25, 0.3) is 10.8 Å². The minimum absolute atomic E-state index is 0.0523. The molecule has 2 aromatic carbocycles. The van der Waals surface area contributed by atoms with Crippen LogP contribution in [0.3, 0.4) is 0 Å². The molecule has 1 aliphatic rings. The minimum atomic E-state index is -3.64. The number of amides is 1. The first kappa shape index (κ1) is 23.3. The van der Waals surface area contributed by atoms with Crippen LogP contribution in [0.1, 0.15) is 37.8 Å². The van der Waals surface area contributed by atoms with Gasteiger partial charge in [0, 0.05) is 30.5 Å². The Balaban J connectivity index is 2.20. The van der Waals surface area contributed by atoms with E-state index in [0.29, 0.717) is 11.4 Å². The average molecular weight is 452 g/mol. The van der Waals surface area contributed by atoms with E-state index >= 15 is 0 Å². The van der Waals surface area contributed by atoms with Crippen LogP contribution in [-0.2, 0) is 23.8 Å². The largest absolute Gasteiger partial charge is 0.467 e. The molecule has 0 saturated carbocycles. The number of anilines is 1. The van der Waals surface area contributed by atoms with Crippen molar-refractivity contribution >= 4 is 32.7 Å². The van der Waals surface area contributed by atoms with Gasteiger partial charge in [-0.3, -0.25) is 9.08 Å². The Morgan fingerprint density at radius 3 is 2.42 bits per heavy atom. The maximum atomic E-state index is 13.1. The normalized spacial score (nSPS) is 16.5. The number of nitrogens with zero attached hydrogens (tertiary/aromatic N) is 1. The maximum absolute atomic E-state index is 13.1. The monoisotopic (exact) mass is 451 g/mol. The number of carbonyl (C=O) groups is 1. The number of methoxy groups -OCH3 is 1. The molecule has 1 amide bonds. The highest BCUT2D eigenvalue weighted by molar-refractivity contribution is 7.85. The molecule has 0 bridgehead atoms. The van der Waals surface area contributed by atoms with E-state index in [2.05, 4.69) is 0 Å². The van der Waals surface area contributed by atoms with Crippen molar-refractivity contribution in [1.29, 1.82) is 0 Å². The predicted octanol–water partition coefficient (Wildman–Crippen LogP) is 3.95. The molecule has 9 heteroatoms. The van der Waals surface area contributed by atoms with Gasteiger partial charge in [0.1, 0.15) is 11.4 Å². The van der Waals surface area contributed by atoms with Crippen molar-refractivity contribution in [3.8, 4) is 5.75 Å². The van der Waals surface area contributed by atoms with Gasteiger partial charge in [-0.1, -0.05) is 24.3 Å². The highest BCUT2D eigenvalue weighted by Crippen LogP contribution is 2.48. The molecule has 0 radical (unpaired) electrons. The van der Waals surface area contributed by atoms with E-state index < -0.39 is 21.8 Å². The third kappa shape index (κ3) is 5.11. The van der Waals surface area contributed by atoms with Crippen LogP contribution in [0.5, 0.6) is 5.75 Å². The Bertz CT molecular complexity index is 1090. The van der Waals surface area contributed by atoms with Gasteiger partial charge in [0.15, 0.2) is 6.79 Å². The molecule has 2 aromatic rings. The van der Waals surface area contributed by atoms with Gasteiger partial charge in [-0.05, 0) is 38.6 Å². The number of ether oxygens (including phenoxy) is 3. The molecule has 1 unspecified atom stereocenters. The first-order chi connectivity index (χ1) is 14.4. The van der Waals surface area contributed by atoms with Crippen molar-refractivity contribution < 1.29 is 31.6 Å². The lowest BCUT2D eigenvalue weighted by molar-refractivity contribution is 0.0517. The number of fused-ring (bicyclic) bond motifs is 3. The topological polar surface area (TPSA) is 91.4 Å². The molecule has 1 atom stereocenters. The van der Waals surface area contributed by atoms with Gasteiger partial charge in [-0.2, -0.15) is 8.42 Å². The van der Waals surface area contributed by atoms with Gasteiger partial charge in [-0.25, -0.2) is 4.79 Å². The Morgan fingerprint density at radius 1 is 1.19 bits per heavy atom. The fraction of sp³-hybridized carbons (Fsp3) is 0.500. The van der Waals surface area contributed by atoms with E-state index in [-0.39, 0.29) is 25.9 Å². The van der Waals surface area contributed by atoms with Crippen molar-refractivity contribution in [3.63, 3.8) is 0 Å². The van der Waals surface area contributed by atoms with Crippen molar-refractivity contribution in [1.82, 2.24) is 0 Å². The zero-order chi connectivity index (χ0) is 23.0. The molecule has 0 fully saturated rings. The molecule has 8 nitrogen and oxygen atoms in total. The minimum Gasteiger partial charge on any atom is -0.467 e. The van der Waals surface area contributed by atoms with E-state index in [9.17, 15) is 13.2 Å². The molecule has 0 aromatic heterocycles. The molecule has 1 heterocycles. The van der Waals surface area contributed by atoms with Crippen molar-refractivity contribution in [2.45, 2.75) is 39.2 Å². The number of hydrogen-bond donors (Lipinski definition) is 0. The third-order valence-electron chi connectivity index (χ3n) is 4.91. The van der Waals surface area contributed by atoms with Crippen molar-refractivity contribution in [3.05, 3.63) is 35.4 Å². The predicted molar refractivity (Wildman–Crippen MR) is 118 cm³/mol. The summed E-state index contributed by atoms with van der Waals surface area (Å²) in [6.07, 6.45) is 0.506. The molecular formula is C22H29NO7S. The number of hydrogen-bond acceptors (Lipinski definition) is 7. The third-order valence-corrected chi connectivity index (χ3v) is 5.48. The number of benzene rings is 2. The van der Waals surface area contributed by atoms with Crippen LogP contribution >= 0.6 is 0 Å². The second kappa shape index (κ2) is 8.64. The Hall–Kier alpha value is -2.36. The number of rotatable bonds is 6. The lowest BCUT2D eigenvalue weighted by Gasteiger charge is -2.26. The van der Waals surface area contributed by atoms with Crippen molar-refractivity contribution in [2.24, 2.45) is 0 Å². The standard InChI is InChI=1S/C22H29NO7S/c1-14-19-18(16-9-7-8-10-17(16)20(14)28-13-27-5)15(12-29-31(6,25)26)11-23(19)21(24)30-22(2,3)4/h7-10,15H,11-13H2,1-6H3. The first-order valence-corrected chi connectivity index (χ1v) is 11.8. The fourth-order valence-electron chi connectivity index (χ4n) is 3.85. The molecule has 0 aliphatic carbocycles. The quantitative estimate of drug-likeness (QED) is 0.485. The Morgan fingerprint density at radius 2 is 1.84 bits per heavy atom. The van der Waals surface area contributed by atoms with E-state index in [1.54, 1.807) is 25.7 Å². The van der Waals surface area contributed by atoms with Crippen LogP contribution in [0.2, 0.25) is 0 Å². The zero-order valence-corrected chi connectivity index (χ0v) is 19.5. The molecule has 0 saturated heterocycles. The van der Waals surface area contributed by atoms with Gasteiger partial charge < -0.3 is 14.2 Å². The first-order valence-electron chi connectivity index (χ1n) is 9.94. The Kier molecular flexibility index (Phi) is 6.50. The smallest absolute Gasteiger partial charge is 0.414 e. The van der Waals surface area contributed by atoms with Crippen LogP contribution in [0, 0.1) is 6.92 Å². The van der Waals surface area contributed by atoms with Crippen LogP contribution in [-0.4, -0.2) is 53.4 Å². The second-order valence-corrected chi connectivity index (χ2v) is 10.2. The van der Waals surface area contributed by atoms with Gasteiger partial charge in [0.05, 0.1) is 18.6 Å². The highest BCUT2D eigenvalue weighted by atomic mass is 32.2. The SMILES string of the molecule is COCOc1c(C)c2c(c3ccccc13)C(COS(C)(=O)=O)CN2C(=O)OC(C)(C)C. The fourth-order valence-corrected chi connectivity index (χ4v) is 4.26. The molecular weight excluding hydrogens is 422 g/mol. The summed E-state index contributed by atoms with van der Waals surface area (Å²) >= 11 is 0. The summed E-state index contributed by atoms with van der Waals surface area (Å²) in [6.45, 7) is 7.47. The van der Waals surface area contributed by atoms with E-state index in [1.807, 2.05) is 31.2 Å².